The van der Waals surface area contributed by atoms with Crippen LogP contribution in [0, 0.1) is 5.82 Å². The molecule has 10 nitrogen and oxygen atoms in total. The van der Waals surface area contributed by atoms with Crippen molar-refractivity contribution in [2.75, 3.05) is 6.61 Å². The lowest BCUT2D eigenvalue weighted by Gasteiger charge is -2.13. The van der Waals surface area contributed by atoms with Crippen molar-refractivity contribution in [3.8, 4) is 28.3 Å². The second-order valence-electron chi connectivity index (χ2n) is 8.42. The number of carbonyl (C=O) groups is 2. The highest BCUT2D eigenvalue weighted by atomic mass is 35.5. The van der Waals surface area contributed by atoms with Gasteiger partial charge in [-0.3, -0.25) is 4.79 Å². The molecule has 0 bridgehead atoms. The highest BCUT2D eigenvalue weighted by molar-refractivity contribution is 6.31. The number of benzene rings is 2. The number of nitrogens with zero attached hydrogens (tertiary/aromatic N) is 4. The van der Waals surface area contributed by atoms with Crippen molar-refractivity contribution in [2.45, 2.75) is 30.6 Å². The standard InChI is InChI=1S/C16H13ClFN5O.C6H6F3NO3/c1-23-21-16(20-22-23)15-11(5-9(17)6-12(15)18)8-2-3-10-13(19)7-24-14(10)4-8;7-6(8,9)3(11)10-5(1-2-5)4(12)13/h2-6,13H,7,19H2,1H3;1-2H2,(H,10,11)(H,12,13). The zero-order valence-corrected chi connectivity index (χ0v) is 19.8. The summed E-state index contributed by atoms with van der Waals surface area (Å²) in [7, 11) is 1.62. The number of aliphatic carboxylic acids is 1. The highest BCUT2D eigenvalue weighted by Gasteiger charge is 2.55. The van der Waals surface area contributed by atoms with Gasteiger partial charge in [-0.25, -0.2) is 9.18 Å². The number of carboxylic acid groups (broad SMARTS) is 1. The Kier molecular flexibility index (Phi) is 6.81. The predicted octanol–water partition coefficient (Wildman–Crippen LogP) is 3.01. The molecule has 1 aliphatic carbocycles. The molecule has 196 valence electrons. The lowest BCUT2D eigenvalue weighted by Crippen LogP contribution is -2.48. The smallest absolute Gasteiger partial charge is 0.471 e. The highest BCUT2D eigenvalue weighted by Crippen LogP contribution is 2.40. The first-order valence-electron chi connectivity index (χ1n) is 10.7. The van der Waals surface area contributed by atoms with Crippen molar-refractivity contribution in [3.63, 3.8) is 0 Å². The molecular formula is C22H19ClF4N6O4. The van der Waals surface area contributed by atoms with Crippen LogP contribution in [0.2, 0.25) is 5.02 Å². The van der Waals surface area contributed by atoms with Gasteiger partial charge in [0.15, 0.2) is 0 Å². The van der Waals surface area contributed by atoms with Crippen LogP contribution in [0.1, 0.15) is 24.4 Å². The molecule has 1 unspecified atom stereocenters. The molecule has 4 N–H and O–H groups in total. The van der Waals surface area contributed by atoms with Gasteiger partial charge >= 0.3 is 18.1 Å². The number of rotatable bonds is 4. The summed E-state index contributed by atoms with van der Waals surface area (Å²) in [6, 6.07) is 8.33. The number of nitrogens with one attached hydrogen (secondary N) is 1. The van der Waals surface area contributed by atoms with Crippen LogP contribution in [0.15, 0.2) is 30.3 Å². The molecule has 0 saturated heterocycles. The molecule has 2 heterocycles. The van der Waals surface area contributed by atoms with Crippen LogP contribution in [0.4, 0.5) is 17.6 Å². The molecular weight excluding hydrogens is 524 g/mol. The summed E-state index contributed by atoms with van der Waals surface area (Å²) in [4.78, 5) is 22.0. The summed E-state index contributed by atoms with van der Waals surface area (Å²) < 4.78 is 55.2. The molecule has 1 amide bonds. The average molecular weight is 543 g/mol. The van der Waals surface area contributed by atoms with Crippen LogP contribution in [-0.4, -0.2) is 55.5 Å². The number of ether oxygens (including phenoxy) is 1. The van der Waals surface area contributed by atoms with E-state index in [4.69, 9.17) is 27.2 Å². The van der Waals surface area contributed by atoms with Gasteiger partial charge in [-0.05, 0) is 47.4 Å². The zero-order valence-electron chi connectivity index (χ0n) is 19.0. The molecule has 1 aliphatic heterocycles. The Hall–Kier alpha value is -3.78. The summed E-state index contributed by atoms with van der Waals surface area (Å²) in [5.74, 6) is -3.25. The van der Waals surface area contributed by atoms with E-state index in [1.165, 1.54) is 16.2 Å². The Bertz CT molecular complexity index is 1380. The molecule has 5 rings (SSSR count). The maximum absolute atomic E-state index is 14.6. The number of hydrogen-bond donors (Lipinski definition) is 3. The van der Waals surface area contributed by atoms with Crippen LogP contribution in [0.5, 0.6) is 5.75 Å². The van der Waals surface area contributed by atoms with E-state index >= 15 is 0 Å². The second kappa shape index (κ2) is 9.59. The van der Waals surface area contributed by atoms with E-state index in [0.717, 1.165) is 11.1 Å². The minimum Gasteiger partial charge on any atom is -0.491 e. The molecule has 0 spiro atoms. The normalized spacial score (nSPS) is 17.2. The number of nitrogens with two attached hydrogens (primary N) is 1. The van der Waals surface area contributed by atoms with E-state index in [1.807, 2.05) is 18.2 Å². The molecule has 2 aliphatic rings. The Labute approximate surface area is 211 Å². The molecule has 15 heteroatoms. The van der Waals surface area contributed by atoms with Crippen LogP contribution >= 0.6 is 11.6 Å². The van der Waals surface area contributed by atoms with E-state index in [-0.39, 0.29) is 35.3 Å². The number of aromatic nitrogens is 4. The Morgan fingerprint density at radius 1 is 1.27 bits per heavy atom. The van der Waals surface area contributed by atoms with Gasteiger partial charge < -0.3 is 20.9 Å². The van der Waals surface area contributed by atoms with Gasteiger partial charge in [0.2, 0.25) is 5.82 Å². The fraction of sp³-hybridized carbons (Fsp3) is 0.318. The molecule has 0 radical (unpaired) electrons. The first kappa shape index (κ1) is 26.3. The molecule has 1 atom stereocenters. The van der Waals surface area contributed by atoms with E-state index in [1.54, 1.807) is 13.1 Å². The number of amides is 1. The Balaban J connectivity index is 0.000000209. The summed E-state index contributed by atoms with van der Waals surface area (Å²) in [6.45, 7) is 0.432. The Morgan fingerprint density at radius 3 is 2.54 bits per heavy atom. The van der Waals surface area contributed by atoms with E-state index in [9.17, 15) is 27.2 Å². The lowest BCUT2D eigenvalue weighted by molar-refractivity contribution is -0.176. The van der Waals surface area contributed by atoms with Crippen molar-refractivity contribution in [2.24, 2.45) is 12.8 Å². The van der Waals surface area contributed by atoms with Crippen LogP contribution in [0.3, 0.4) is 0 Å². The monoisotopic (exact) mass is 542 g/mol. The van der Waals surface area contributed by atoms with Crippen molar-refractivity contribution in [1.82, 2.24) is 25.5 Å². The average Bonchev–Trinajstić information content (AvgIpc) is 3.34. The number of alkyl halides is 3. The minimum absolute atomic E-state index is 0.0458. The largest absolute Gasteiger partial charge is 0.491 e. The third-order valence-corrected chi connectivity index (χ3v) is 5.92. The van der Waals surface area contributed by atoms with Gasteiger partial charge in [0.25, 0.3) is 0 Å². The van der Waals surface area contributed by atoms with Crippen molar-refractivity contribution < 1.29 is 37.0 Å². The van der Waals surface area contributed by atoms with Gasteiger partial charge in [-0.1, -0.05) is 23.7 Å². The molecule has 3 aromatic rings. The van der Waals surface area contributed by atoms with Gasteiger partial charge in [0, 0.05) is 10.6 Å². The van der Waals surface area contributed by atoms with Gasteiger partial charge in [0.1, 0.15) is 23.7 Å². The maximum Gasteiger partial charge on any atom is 0.471 e. The van der Waals surface area contributed by atoms with Crippen molar-refractivity contribution in [1.29, 1.82) is 0 Å². The first-order valence-corrected chi connectivity index (χ1v) is 11.1. The molecule has 37 heavy (non-hydrogen) atoms. The third kappa shape index (κ3) is 5.49. The lowest BCUT2D eigenvalue weighted by atomic mass is 9.96. The van der Waals surface area contributed by atoms with E-state index in [2.05, 4.69) is 15.4 Å². The number of carbonyl (C=O) groups excluding carboxylic acids is 1. The Morgan fingerprint density at radius 2 is 1.97 bits per heavy atom. The first-order chi connectivity index (χ1) is 17.3. The van der Waals surface area contributed by atoms with Gasteiger partial charge in [0.05, 0.1) is 18.7 Å². The number of tetrazole rings is 1. The van der Waals surface area contributed by atoms with Gasteiger partial charge in [-0.15, -0.1) is 10.2 Å². The fourth-order valence-electron chi connectivity index (χ4n) is 3.62. The molecule has 1 saturated carbocycles. The topological polar surface area (TPSA) is 145 Å². The number of carboxylic acids is 1. The summed E-state index contributed by atoms with van der Waals surface area (Å²) in [5.41, 5.74) is 6.78. The second-order valence-corrected chi connectivity index (χ2v) is 8.86. The van der Waals surface area contributed by atoms with Crippen molar-refractivity contribution in [3.05, 3.63) is 46.7 Å². The zero-order chi connectivity index (χ0) is 27.1. The number of fused-ring (bicyclic) bond motifs is 1. The van der Waals surface area contributed by atoms with E-state index < -0.39 is 29.4 Å². The number of aryl methyl sites for hydroxylation is 1. The van der Waals surface area contributed by atoms with Crippen LogP contribution in [0.25, 0.3) is 22.5 Å². The molecule has 2 aromatic carbocycles. The number of hydrogen-bond acceptors (Lipinski definition) is 7. The molecule has 1 fully saturated rings. The van der Waals surface area contributed by atoms with E-state index in [0.29, 0.717) is 17.9 Å². The quantitative estimate of drug-likeness (QED) is 0.427. The van der Waals surface area contributed by atoms with Crippen molar-refractivity contribution >= 4 is 23.5 Å². The van der Waals surface area contributed by atoms with Crippen LogP contribution < -0.4 is 15.8 Å². The van der Waals surface area contributed by atoms with Gasteiger partial charge in [-0.2, -0.15) is 18.0 Å². The van der Waals surface area contributed by atoms with Crippen LogP contribution in [-0.2, 0) is 16.6 Å². The maximum atomic E-state index is 14.6. The summed E-state index contributed by atoms with van der Waals surface area (Å²) in [6.07, 6.45) is -4.93. The predicted molar refractivity (Wildman–Crippen MR) is 121 cm³/mol. The molecule has 1 aromatic heterocycles. The summed E-state index contributed by atoms with van der Waals surface area (Å²) in [5, 5.41) is 22.0. The SMILES string of the molecule is Cn1nnc(-c2c(F)cc(Cl)cc2-c2ccc3c(c2)OCC3N)n1.O=C(NC1(C(=O)O)CC1)C(F)(F)F. The third-order valence-electron chi connectivity index (χ3n) is 5.70. The summed E-state index contributed by atoms with van der Waals surface area (Å²) >= 11 is 6.05. The fourth-order valence-corrected chi connectivity index (χ4v) is 3.83. The number of halogens is 5. The minimum atomic E-state index is -5.02.